The quantitative estimate of drug-likeness (QED) is 0.519. The molecule has 7 heteroatoms. The van der Waals surface area contributed by atoms with Gasteiger partial charge in [0.1, 0.15) is 5.60 Å². The molecule has 0 aromatic carbocycles. The average Bonchev–Trinajstić information content (AvgIpc) is 2.75. The molecule has 4 rings (SSSR count). The molecule has 5 N–H and O–H groups in total. The van der Waals surface area contributed by atoms with Gasteiger partial charge in [-0.3, -0.25) is 15.4 Å². The Kier molecular flexibility index (Phi) is 4.85. The zero-order valence-corrected chi connectivity index (χ0v) is 15.4. The molecule has 4 heterocycles. The van der Waals surface area contributed by atoms with Gasteiger partial charge in [-0.1, -0.05) is 6.07 Å². The Morgan fingerprint density at radius 1 is 1.14 bits per heavy atom. The molecule has 1 aliphatic rings. The van der Waals surface area contributed by atoms with Crippen LogP contribution in [0.1, 0.15) is 29.8 Å². The van der Waals surface area contributed by atoms with Crippen molar-refractivity contribution in [2.24, 2.45) is 0 Å². The molecule has 0 unspecified atom stereocenters. The summed E-state index contributed by atoms with van der Waals surface area (Å²) in [5.41, 5.74) is 8.91. The van der Waals surface area contributed by atoms with Crippen molar-refractivity contribution in [3.8, 4) is 11.3 Å². The predicted molar refractivity (Wildman–Crippen MR) is 108 cm³/mol. The molecule has 7 nitrogen and oxygen atoms in total. The van der Waals surface area contributed by atoms with Crippen LogP contribution < -0.4 is 11.1 Å². The van der Waals surface area contributed by atoms with Crippen LogP contribution in [0.3, 0.4) is 0 Å². The number of nitrogens with zero attached hydrogens (tertiary/aromatic N) is 3. The molecule has 1 aliphatic heterocycles. The van der Waals surface area contributed by atoms with E-state index >= 15 is 0 Å². The number of piperidine rings is 1. The number of nitrogen functional groups attached to an aromatic ring is 1. The van der Waals surface area contributed by atoms with Gasteiger partial charge in [-0.15, -0.1) is 0 Å². The van der Waals surface area contributed by atoms with Gasteiger partial charge in [-0.05, 0) is 56.3 Å². The number of aromatic nitrogens is 3. The highest BCUT2D eigenvalue weighted by molar-refractivity contribution is 6.13. The van der Waals surface area contributed by atoms with Crippen LogP contribution in [0.15, 0.2) is 55.0 Å². The molecule has 1 fully saturated rings. The monoisotopic (exact) mass is 374 g/mol. The summed E-state index contributed by atoms with van der Waals surface area (Å²) in [5, 5.41) is 22.9. The second-order valence-corrected chi connectivity index (χ2v) is 6.96. The molecule has 0 amide bonds. The van der Waals surface area contributed by atoms with E-state index in [9.17, 15) is 5.11 Å². The van der Waals surface area contributed by atoms with E-state index in [0.717, 1.165) is 18.7 Å². The number of nitrogens with two attached hydrogens (primary N) is 1. The van der Waals surface area contributed by atoms with Gasteiger partial charge >= 0.3 is 0 Å². The van der Waals surface area contributed by atoms with Crippen LogP contribution in [0.5, 0.6) is 0 Å². The van der Waals surface area contributed by atoms with E-state index in [-0.39, 0.29) is 5.71 Å². The molecule has 3 aromatic heterocycles. The first-order valence-corrected chi connectivity index (χ1v) is 9.23. The molecule has 28 heavy (non-hydrogen) atoms. The van der Waals surface area contributed by atoms with Gasteiger partial charge in [0.25, 0.3) is 0 Å². The molecule has 1 saturated heterocycles. The lowest BCUT2D eigenvalue weighted by Crippen LogP contribution is -2.40. The highest BCUT2D eigenvalue weighted by atomic mass is 16.3. The minimum Gasteiger partial charge on any atom is -0.397 e. The van der Waals surface area contributed by atoms with E-state index in [1.54, 1.807) is 30.7 Å². The van der Waals surface area contributed by atoms with Crippen molar-refractivity contribution in [1.29, 1.82) is 5.41 Å². The van der Waals surface area contributed by atoms with E-state index in [4.69, 9.17) is 11.1 Å². The summed E-state index contributed by atoms with van der Waals surface area (Å²) < 4.78 is 0. The lowest BCUT2D eigenvalue weighted by molar-refractivity contribution is 0.00185. The SMILES string of the molecule is N=C(c1cccc(C2(O)CCNCC2)n1)c1cc(-c2cccnc2)ncc1N. The zero-order chi connectivity index (χ0) is 19.6. The van der Waals surface area contributed by atoms with E-state index in [1.807, 2.05) is 24.3 Å². The third-order valence-corrected chi connectivity index (χ3v) is 5.07. The second-order valence-electron chi connectivity index (χ2n) is 6.96. The summed E-state index contributed by atoms with van der Waals surface area (Å²) in [6.45, 7) is 1.48. The lowest BCUT2D eigenvalue weighted by atomic mass is 9.88. The number of rotatable bonds is 4. The van der Waals surface area contributed by atoms with Gasteiger partial charge in [0.15, 0.2) is 0 Å². The van der Waals surface area contributed by atoms with E-state index in [0.29, 0.717) is 41.2 Å². The summed E-state index contributed by atoms with van der Waals surface area (Å²) in [4.78, 5) is 13.1. The number of pyridine rings is 3. The fourth-order valence-electron chi connectivity index (χ4n) is 3.42. The first-order valence-electron chi connectivity index (χ1n) is 9.23. The van der Waals surface area contributed by atoms with Gasteiger partial charge in [-0.25, -0.2) is 4.98 Å². The zero-order valence-electron chi connectivity index (χ0n) is 15.4. The van der Waals surface area contributed by atoms with E-state index in [2.05, 4.69) is 20.3 Å². The third-order valence-electron chi connectivity index (χ3n) is 5.07. The third kappa shape index (κ3) is 3.49. The maximum absolute atomic E-state index is 11.0. The Bertz CT molecular complexity index is 999. The van der Waals surface area contributed by atoms with Crippen molar-refractivity contribution in [1.82, 2.24) is 20.3 Å². The Labute approximate surface area is 163 Å². The molecule has 0 spiro atoms. The van der Waals surface area contributed by atoms with Crippen LogP contribution in [-0.2, 0) is 5.60 Å². The summed E-state index contributed by atoms with van der Waals surface area (Å²) in [5.74, 6) is 0. The first-order chi connectivity index (χ1) is 13.6. The summed E-state index contributed by atoms with van der Waals surface area (Å²) in [6, 6.07) is 10.9. The van der Waals surface area contributed by atoms with Gasteiger partial charge < -0.3 is 16.2 Å². The van der Waals surface area contributed by atoms with Gasteiger partial charge in [0, 0.05) is 23.5 Å². The predicted octanol–water partition coefficient (Wildman–Crippen LogP) is 2.11. The summed E-state index contributed by atoms with van der Waals surface area (Å²) in [7, 11) is 0. The highest BCUT2D eigenvalue weighted by Gasteiger charge is 2.32. The van der Waals surface area contributed by atoms with Crippen LogP contribution in [0.4, 0.5) is 5.69 Å². The maximum atomic E-state index is 11.0. The summed E-state index contributed by atoms with van der Waals surface area (Å²) in [6.07, 6.45) is 6.16. The number of hydrogen-bond acceptors (Lipinski definition) is 7. The minimum absolute atomic E-state index is 0.199. The summed E-state index contributed by atoms with van der Waals surface area (Å²) >= 11 is 0. The molecule has 0 bridgehead atoms. The van der Waals surface area contributed by atoms with Gasteiger partial charge in [0.05, 0.1) is 34.7 Å². The Morgan fingerprint density at radius 3 is 2.71 bits per heavy atom. The molecule has 3 aromatic rings. The van der Waals surface area contributed by atoms with Crippen molar-refractivity contribution < 1.29 is 5.11 Å². The van der Waals surface area contributed by atoms with E-state index < -0.39 is 5.60 Å². The fraction of sp³-hybridized carbons (Fsp3) is 0.238. The maximum Gasteiger partial charge on any atom is 0.109 e. The van der Waals surface area contributed by atoms with Gasteiger partial charge in [-0.2, -0.15) is 0 Å². The topological polar surface area (TPSA) is 121 Å². The van der Waals surface area contributed by atoms with Crippen molar-refractivity contribution in [2.75, 3.05) is 18.8 Å². The largest absolute Gasteiger partial charge is 0.397 e. The smallest absolute Gasteiger partial charge is 0.109 e. The fourth-order valence-corrected chi connectivity index (χ4v) is 3.42. The highest BCUT2D eigenvalue weighted by Crippen LogP contribution is 2.29. The van der Waals surface area contributed by atoms with Gasteiger partial charge in [0.2, 0.25) is 0 Å². The molecule has 0 radical (unpaired) electrons. The molecule has 142 valence electrons. The van der Waals surface area contributed by atoms with Crippen molar-refractivity contribution >= 4 is 11.4 Å². The number of hydrogen-bond donors (Lipinski definition) is 4. The van der Waals surface area contributed by atoms with E-state index in [1.165, 1.54) is 0 Å². The normalized spacial score (nSPS) is 15.9. The van der Waals surface area contributed by atoms with Crippen molar-refractivity contribution in [3.63, 3.8) is 0 Å². The Balaban J connectivity index is 1.69. The second kappa shape index (κ2) is 7.46. The molecule has 0 saturated carbocycles. The molecular weight excluding hydrogens is 352 g/mol. The number of anilines is 1. The Hall–Kier alpha value is -3.16. The van der Waals surface area contributed by atoms with Crippen LogP contribution >= 0.6 is 0 Å². The number of nitrogens with one attached hydrogen (secondary N) is 2. The van der Waals surface area contributed by atoms with Crippen LogP contribution in [0.25, 0.3) is 11.3 Å². The lowest BCUT2D eigenvalue weighted by Gasteiger charge is -2.32. The molecule has 0 atom stereocenters. The first kappa shape index (κ1) is 18.2. The standard InChI is InChI=1S/C21H22N6O/c22-16-13-26-18(14-3-2-8-25-12-14)11-15(16)20(23)17-4-1-5-19(27-17)21(28)6-9-24-10-7-21/h1-5,8,11-13,23-24,28H,6-7,9-10,22H2. The van der Waals surface area contributed by atoms with Crippen LogP contribution in [-0.4, -0.2) is 38.9 Å². The minimum atomic E-state index is -0.966. The average molecular weight is 374 g/mol. The van der Waals surface area contributed by atoms with Crippen molar-refractivity contribution in [2.45, 2.75) is 18.4 Å². The van der Waals surface area contributed by atoms with Crippen LogP contribution in [0.2, 0.25) is 0 Å². The Morgan fingerprint density at radius 2 is 1.96 bits per heavy atom. The van der Waals surface area contributed by atoms with Crippen molar-refractivity contribution in [3.05, 3.63) is 71.9 Å². The molecular formula is C21H22N6O. The molecule has 0 aliphatic carbocycles. The van der Waals surface area contributed by atoms with Crippen LogP contribution in [0, 0.1) is 5.41 Å². The number of aliphatic hydroxyl groups is 1.